The summed E-state index contributed by atoms with van der Waals surface area (Å²) >= 11 is 0. The molecule has 150 valence electrons. The van der Waals surface area contributed by atoms with Crippen LogP contribution in [0.2, 0.25) is 0 Å². The van der Waals surface area contributed by atoms with E-state index in [2.05, 4.69) is 42.1 Å². The van der Waals surface area contributed by atoms with Crippen LogP contribution in [0.5, 0.6) is 5.75 Å². The van der Waals surface area contributed by atoms with E-state index in [0.717, 1.165) is 16.9 Å². The molecular formula is C23H26N4O2. The number of fused-ring (bicyclic) bond motifs is 1. The van der Waals surface area contributed by atoms with E-state index in [4.69, 9.17) is 4.74 Å². The van der Waals surface area contributed by atoms with E-state index in [9.17, 15) is 4.79 Å². The van der Waals surface area contributed by atoms with Crippen molar-refractivity contribution in [3.05, 3.63) is 72.1 Å². The molecule has 0 bridgehead atoms. The highest BCUT2D eigenvalue weighted by Gasteiger charge is 2.40. The van der Waals surface area contributed by atoms with Crippen LogP contribution in [0, 0.1) is 5.92 Å². The number of amides is 1. The molecular weight excluding hydrogens is 364 g/mol. The average Bonchev–Trinajstić information content (AvgIpc) is 3.22. The Balaban J connectivity index is 1.84. The van der Waals surface area contributed by atoms with Crippen LogP contribution in [-0.4, -0.2) is 27.8 Å². The Labute approximate surface area is 171 Å². The molecule has 6 heteroatoms. The lowest BCUT2D eigenvalue weighted by Gasteiger charge is -2.39. The van der Waals surface area contributed by atoms with Gasteiger partial charge in [0.1, 0.15) is 12.1 Å². The SMILES string of the molecule is COc1ccccc1[C@H]1C[C@@H](c2ccccc2)N(C(=O)CC(C)C)c2ncnn21. The number of aromatic nitrogens is 3. The Morgan fingerprint density at radius 1 is 1.10 bits per heavy atom. The van der Waals surface area contributed by atoms with Gasteiger partial charge >= 0.3 is 0 Å². The number of benzene rings is 2. The molecule has 1 amide bonds. The Kier molecular flexibility index (Phi) is 5.34. The van der Waals surface area contributed by atoms with Crippen molar-refractivity contribution in [3.63, 3.8) is 0 Å². The molecule has 1 aliphatic rings. The summed E-state index contributed by atoms with van der Waals surface area (Å²) in [5.41, 5.74) is 2.14. The van der Waals surface area contributed by atoms with E-state index in [-0.39, 0.29) is 23.9 Å². The van der Waals surface area contributed by atoms with Crippen molar-refractivity contribution in [2.45, 2.75) is 38.8 Å². The van der Waals surface area contributed by atoms with Gasteiger partial charge < -0.3 is 4.74 Å². The van der Waals surface area contributed by atoms with E-state index in [1.165, 1.54) is 6.33 Å². The molecule has 2 aromatic carbocycles. The van der Waals surface area contributed by atoms with Gasteiger partial charge in [-0.25, -0.2) is 4.68 Å². The Hall–Kier alpha value is -3.15. The van der Waals surface area contributed by atoms with E-state index in [1.54, 1.807) is 7.11 Å². The molecule has 1 aliphatic heterocycles. The summed E-state index contributed by atoms with van der Waals surface area (Å²) in [6.45, 7) is 4.11. The largest absolute Gasteiger partial charge is 0.496 e. The maximum absolute atomic E-state index is 13.2. The smallest absolute Gasteiger partial charge is 0.231 e. The van der Waals surface area contributed by atoms with Crippen molar-refractivity contribution in [1.82, 2.24) is 14.8 Å². The molecule has 0 spiro atoms. The predicted molar refractivity (Wildman–Crippen MR) is 112 cm³/mol. The van der Waals surface area contributed by atoms with Crippen LogP contribution in [0.3, 0.4) is 0 Å². The van der Waals surface area contributed by atoms with Crippen LogP contribution in [0.1, 0.15) is 49.9 Å². The maximum Gasteiger partial charge on any atom is 0.231 e. The normalized spacial score (nSPS) is 18.6. The van der Waals surface area contributed by atoms with E-state index in [1.807, 2.05) is 46.0 Å². The molecule has 3 aromatic rings. The van der Waals surface area contributed by atoms with Gasteiger partial charge in [0.05, 0.1) is 19.2 Å². The number of carbonyl (C=O) groups is 1. The number of rotatable bonds is 5. The third kappa shape index (κ3) is 3.62. The van der Waals surface area contributed by atoms with Crippen LogP contribution >= 0.6 is 0 Å². The van der Waals surface area contributed by atoms with Gasteiger partial charge in [0.15, 0.2) is 0 Å². The Bertz CT molecular complexity index is 983. The first-order valence-electron chi connectivity index (χ1n) is 9.99. The van der Waals surface area contributed by atoms with E-state index in [0.29, 0.717) is 18.8 Å². The number of hydrogen-bond acceptors (Lipinski definition) is 4. The van der Waals surface area contributed by atoms with Crippen LogP contribution in [0.4, 0.5) is 5.95 Å². The highest BCUT2D eigenvalue weighted by Crippen LogP contribution is 2.44. The van der Waals surface area contributed by atoms with Crippen molar-refractivity contribution in [1.29, 1.82) is 0 Å². The van der Waals surface area contributed by atoms with Crippen molar-refractivity contribution in [2.75, 3.05) is 12.0 Å². The first kappa shape index (κ1) is 19.2. The first-order chi connectivity index (χ1) is 14.1. The molecule has 29 heavy (non-hydrogen) atoms. The molecule has 0 radical (unpaired) electrons. The molecule has 4 rings (SSSR count). The predicted octanol–water partition coefficient (Wildman–Crippen LogP) is 4.40. The van der Waals surface area contributed by atoms with E-state index >= 15 is 0 Å². The van der Waals surface area contributed by atoms with Crippen LogP contribution in [0.25, 0.3) is 0 Å². The van der Waals surface area contributed by atoms with Crippen LogP contribution < -0.4 is 9.64 Å². The first-order valence-corrected chi connectivity index (χ1v) is 9.99. The quantitative estimate of drug-likeness (QED) is 0.648. The summed E-state index contributed by atoms with van der Waals surface area (Å²) < 4.78 is 7.47. The number of methoxy groups -OCH3 is 1. The third-order valence-corrected chi connectivity index (χ3v) is 5.36. The zero-order valence-corrected chi connectivity index (χ0v) is 17.0. The van der Waals surface area contributed by atoms with Crippen LogP contribution in [-0.2, 0) is 4.79 Å². The molecule has 0 fully saturated rings. The van der Waals surface area contributed by atoms with Gasteiger partial charge in [0.2, 0.25) is 11.9 Å². The maximum atomic E-state index is 13.2. The van der Waals surface area contributed by atoms with E-state index < -0.39 is 0 Å². The average molecular weight is 390 g/mol. The summed E-state index contributed by atoms with van der Waals surface area (Å²) in [5.74, 6) is 1.74. The van der Waals surface area contributed by atoms with Gasteiger partial charge in [0, 0.05) is 12.0 Å². The molecule has 0 saturated heterocycles. The number of ether oxygens (including phenoxy) is 1. The number of anilines is 1. The molecule has 0 unspecified atom stereocenters. The fourth-order valence-electron chi connectivity index (χ4n) is 4.09. The highest BCUT2D eigenvalue weighted by molar-refractivity contribution is 5.93. The monoisotopic (exact) mass is 390 g/mol. The molecule has 6 nitrogen and oxygen atoms in total. The van der Waals surface area contributed by atoms with Crippen molar-refractivity contribution in [3.8, 4) is 5.75 Å². The van der Waals surface area contributed by atoms with Gasteiger partial charge in [-0.05, 0) is 24.0 Å². The lowest BCUT2D eigenvalue weighted by molar-refractivity contribution is -0.120. The summed E-state index contributed by atoms with van der Waals surface area (Å²) in [7, 11) is 1.68. The lowest BCUT2D eigenvalue weighted by atomic mass is 9.91. The van der Waals surface area contributed by atoms with Crippen molar-refractivity contribution >= 4 is 11.9 Å². The second kappa shape index (κ2) is 8.07. The molecule has 0 saturated carbocycles. The summed E-state index contributed by atoms with van der Waals surface area (Å²) in [6, 6.07) is 18.0. The standard InChI is InChI=1S/C23H26N4O2/c1-16(2)13-22(28)26-19(17-9-5-4-6-10-17)14-20(27-23(26)24-15-25-27)18-11-7-8-12-21(18)29-3/h4-12,15-16,19-20H,13-14H2,1-3H3/t19-,20+/m0/s1. The minimum atomic E-state index is -0.117. The van der Waals surface area contributed by atoms with Gasteiger partial charge in [0.25, 0.3) is 0 Å². The second-order valence-electron chi connectivity index (χ2n) is 7.79. The third-order valence-electron chi connectivity index (χ3n) is 5.36. The minimum Gasteiger partial charge on any atom is -0.496 e. The van der Waals surface area contributed by atoms with Gasteiger partial charge in [-0.3, -0.25) is 9.69 Å². The minimum absolute atomic E-state index is 0.0709. The number of hydrogen-bond donors (Lipinski definition) is 0. The number of carbonyl (C=O) groups excluding carboxylic acids is 1. The Morgan fingerprint density at radius 2 is 1.83 bits per heavy atom. The van der Waals surface area contributed by atoms with Crippen molar-refractivity contribution in [2.24, 2.45) is 5.92 Å². The highest BCUT2D eigenvalue weighted by atomic mass is 16.5. The molecule has 2 heterocycles. The zero-order valence-electron chi connectivity index (χ0n) is 17.0. The second-order valence-corrected chi connectivity index (χ2v) is 7.79. The summed E-state index contributed by atoms with van der Waals surface area (Å²) in [6.07, 6.45) is 2.70. The van der Waals surface area contributed by atoms with Crippen LogP contribution in [0.15, 0.2) is 60.9 Å². The van der Waals surface area contributed by atoms with Gasteiger partial charge in [-0.1, -0.05) is 62.4 Å². The van der Waals surface area contributed by atoms with Crippen molar-refractivity contribution < 1.29 is 9.53 Å². The molecule has 2 atom stereocenters. The van der Waals surface area contributed by atoms with Gasteiger partial charge in [-0.15, -0.1) is 0 Å². The Morgan fingerprint density at radius 3 is 2.55 bits per heavy atom. The summed E-state index contributed by atoms with van der Waals surface area (Å²) in [5, 5.41) is 4.49. The molecule has 0 aliphatic carbocycles. The lowest BCUT2D eigenvalue weighted by Crippen LogP contribution is -2.43. The zero-order chi connectivity index (χ0) is 20.4. The topological polar surface area (TPSA) is 60.2 Å². The molecule has 0 N–H and O–H groups in total. The summed E-state index contributed by atoms with van der Waals surface area (Å²) in [4.78, 5) is 19.6. The fraction of sp³-hybridized carbons (Fsp3) is 0.348. The molecule has 1 aromatic heterocycles. The fourth-order valence-corrected chi connectivity index (χ4v) is 4.09. The number of para-hydroxylation sites is 1. The number of nitrogens with zero attached hydrogens (tertiary/aromatic N) is 4. The van der Waals surface area contributed by atoms with Gasteiger partial charge in [-0.2, -0.15) is 10.1 Å².